The molecule has 2 amide bonds. The predicted molar refractivity (Wildman–Crippen MR) is 215 cm³/mol. The molecule has 0 heterocycles. The number of aliphatic hydroxyl groups is 2. The van der Waals surface area contributed by atoms with Crippen LogP contribution in [0.25, 0.3) is 0 Å². The van der Waals surface area contributed by atoms with Crippen LogP contribution < -0.4 is 15.4 Å². The topological polar surface area (TPSA) is 134 Å². The van der Waals surface area contributed by atoms with Crippen LogP contribution in [-0.4, -0.2) is 67.0 Å². The first-order valence-corrected chi connectivity index (χ1v) is 19.1. The Kier molecular flexibility index (Phi) is 25.8. The largest absolute Gasteiger partial charge is 0.493 e. The van der Waals surface area contributed by atoms with Crippen molar-refractivity contribution in [2.45, 2.75) is 105 Å². The Bertz CT molecular complexity index is 1370. The molecule has 0 bridgehead atoms. The van der Waals surface area contributed by atoms with Gasteiger partial charge in [-0.1, -0.05) is 106 Å². The van der Waals surface area contributed by atoms with Crippen molar-refractivity contribution in [3.63, 3.8) is 0 Å². The minimum absolute atomic E-state index is 0.154. The van der Waals surface area contributed by atoms with Gasteiger partial charge in [-0.2, -0.15) is 0 Å². The minimum atomic E-state index is -1.13. The zero-order valence-corrected chi connectivity index (χ0v) is 32.9. The summed E-state index contributed by atoms with van der Waals surface area (Å²) < 4.78 is 11.2. The Hall–Kier alpha value is -4.21. The van der Waals surface area contributed by atoms with Gasteiger partial charge in [0.2, 0.25) is 11.8 Å². The fourth-order valence-corrected chi connectivity index (χ4v) is 4.88. The van der Waals surface area contributed by atoms with E-state index in [1.54, 1.807) is 0 Å². The average molecular weight is 735 g/mol. The zero-order chi connectivity index (χ0) is 39.2. The van der Waals surface area contributed by atoms with Crippen LogP contribution in [0, 0.1) is 25.2 Å². The zero-order valence-electron chi connectivity index (χ0n) is 32.9. The number of carbonyl (C=O) groups is 3. The number of ether oxygens (including phenoxy) is 2. The van der Waals surface area contributed by atoms with Crippen molar-refractivity contribution >= 4 is 17.8 Å². The normalized spacial score (nSPS) is 13.1. The van der Waals surface area contributed by atoms with Crippen molar-refractivity contribution in [1.29, 1.82) is 0 Å². The summed E-state index contributed by atoms with van der Waals surface area (Å²) in [5.74, 6) is -1.18. The van der Waals surface area contributed by atoms with E-state index in [0.717, 1.165) is 55.4 Å². The molecule has 0 spiro atoms. The Morgan fingerprint density at radius 2 is 1.36 bits per heavy atom. The molecule has 294 valence electrons. The van der Waals surface area contributed by atoms with E-state index in [9.17, 15) is 24.6 Å². The van der Waals surface area contributed by atoms with Gasteiger partial charge in [0.15, 0.2) is 0 Å². The maximum Gasteiger partial charge on any atom is 0.330 e. The molecular weight excluding hydrogens is 668 g/mol. The van der Waals surface area contributed by atoms with E-state index < -0.39 is 23.3 Å². The molecule has 4 N–H and O–H groups in total. The lowest BCUT2D eigenvalue weighted by Crippen LogP contribution is -2.51. The molecule has 0 aromatic heterocycles. The third-order valence-corrected chi connectivity index (χ3v) is 8.36. The van der Waals surface area contributed by atoms with E-state index in [1.807, 2.05) is 58.0 Å². The summed E-state index contributed by atoms with van der Waals surface area (Å²) in [5, 5.41) is 24.2. The number of hydrogen-bond donors (Lipinski definition) is 4. The molecule has 0 saturated heterocycles. The molecule has 0 aliphatic carbocycles. The lowest BCUT2D eigenvalue weighted by Gasteiger charge is -2.26. The Morgan fingerprint density at radius 1 is 0.811 bits per heavy atom. The molecule has 0 aliphatic rings. The molecule has 1 aromatic carbocycles. The van der Waals surface area contributed by atoms with E-state index in [0.29, 0.717) is 25.9 Å². The van der Waals surface area contributed by atoms with E-state index in [2.05, 4.69) is 78.3 Å². The minimum Gasteiger partial charge on any atom is -0.493 e. The molecule has 0 aliphatic heterocycles. The van der Waals surface area contributed by atoms with Gasteiger partial charge in [0.05, 0.1) is 26.4 Å². The number of esters is 1. The summed E-state index contributed by atoms with van der Waals surface area (Å²) >= 11 is 0. The van der Waals surface area contributed by atoms with Crippen molar-refractivity contribution < 1.29 is 34.1 Å². The van der Waals surface area contributed by atoms with Gasteiger partial charge in [-0.15, -0.1) is 0 Å². The summed E-state index contributed by atoms with van der Waals surface area (Å²) in [7, 11) is 0. The number of nitrogens with one attached hydrogen (secondary N) is 2. The first kappa shape index (κ1) is 46.8. The highest BCUT2D eigenvalue weighted by Gasteiger charge is 2.30. The van der Waals surface area contributed by atoms with Crippen LogP contribution in [0.15, 0.2) is 91.1 Å². The summed E-state index contributed by atoms with van der Waals surface area (Å²) in [4.78, 5) is 38.9. The standard InChI is InChI=1S/C44H66N2O7/c1-6-7-8-9-10-11-12-13-14-15-16-17-18-19-20-21-22-23-24-26-41(49)46-39(42(50)53-35-38(33-47)34-48)32-45-43(51)44(4,5)29-25-30-52-40-31-36(2)27-28-37(40)3/h7-8,10-11,13-14,16-17,19-20,22-23,27-28,31,38-39,47-48H,6,9,12,15,18,21,24-26,29-30,32-35H2,1-5H3,(H,45,51)(H,46,49)/b8-7-,11-10-,14-13-,17-16-,20-19-,23-22-. The Morgan fingerprint density at radius 3 is 1.91 bits per heavy atom. The van der Waals surface area contributed by atoms with Gasteiger partial charge in [-0.3, -0.25) is 9.59 Å². The van der Waals surface area contributed by atoms with Crippen molar-refractivity contribution in [2.75, 3.05) is 33.0 Å². The highest BCUT2D eigenvalue weighted by atomic mass is 16.5. The van der Waals surface area contributed by atoms with Gasteiger partial charge >= 0.3 is 5.97 Å². The maximum absolute atomic E-state index is 13.2. The molecule has 1 atom stereocenters. The highest BCUT2D eigenvalue weighted by Crippen LogP contribution is 2.24. The van der Waals surface area contributed by atoms with E-state index in [4.69, 9.17) is 9.47 Å². The van der Waals surface area contributed by atoms with Crippen molar-refractivity contribution in [2.24, 2.45) is 11.3 Å². The van der Waals surface area contributed by atoms with Crippen LogP contribution in [0.5, 0.6) is 5.75 Å². The molecule has 9 heteroatoms. The molecule has 0 fully saturated rings. The summed E-state index contributed by atoms with van der Waals surface area (Å²) in [6.45, 7) is 9.16. The molecule has 1 aromatic rings. The van der Waals surface area contributed by atoms with E-state index >= 15 is 0 Å². The maximum atomic E-state index is 13.2. The van der Waals surface area contributed by atoms with Gasteiger partial charge in [0, 0.05) is 24.3 Å². The highest BCUT2D eigenvalue weighted by molar-refractivity contribution is 5.86. The summed E-state index contributed by atoms with van der Waals surface area (Å²) in [5.41, 5.74) is 1.41. The Labute approximate surface area is 319 Å². The number of amides is 2. The van der Waals surface area contributed by atoms with E-state index in [1.165, 1.54) is 0 Å². The van der Waals surface area contributed by atoms with Crippen LogP contribution in [0.3, 0.4) is 0 Å². The van der Waals surface area contributed by atoms with Crippen LogP contribution >= 0.6 is 0 Å². The molecule has 0 saturated carbocycles. The van der Waals surface area contributed by atoms with Gasteiger partial charge in [0.1, 0.15) is 11.8 Å². The second-order valence-corrected chi connectivity index (χ2v) is 13.8. The quantitative estimate of drug-likeness (QED) is 0.0394. The SMILES string of the molecule is CC/C=C\C/C=C\C/C=C\C/C=C\C/C=C\C/C=C\CCC(=O)NC(CNC(=O)C(C)(C)CCCOc1cc(C)ccc1C)C(=O)OCC(CO)CO. The first-order chi connectivity index (χ1) is 25.5. The number of aryl methyl sites for hydroxylation is 2. The average Bonchev–Trinajstić information content (AvgIpc) is 3.14. The lowest BCUT2D eigenvalue weighted by atomic mass is 9.87. The third kappa shape index (κ3) is 23.2. The first-order valence-electron chi connectivity index (χ1n) is 19.1. The van der Waals surface area contributed by atoms with E-state index in [-0.39, 0.29) is 44.6 Å². The predicted octanol–water partition coefficient (Wildman–Crippen LogP) is 7.71. The van der Waals surface area contributed by atoms with Gasteiger partial charge in [-0.25, -0.2) is 4.79 Å². The summed E-state index contributed by atoms with van der Waals surface area (Å²) in [6.07, 6.45) is 32.9. The second-order valence-electron chi connectivity index (χ2n) is 13.8. The van der Waals surface area contributed by atoms with Crippen LogP contribution in [0.4, 0.5) is 0 Å². The fraction of sp³-hybridized carbons (Fsp3) is 0.523. The van der Waals surface area contributed by atoms with Crippen molar-refractivity contribution in [3.05, 3.63) is 102 Å². The van der Waals surface area contributed by atoms with Crippen LogP contribution in [0.2, 0.25) is 0 Å². The van der Waals surface area contributed by atoms with Crippen molar-refractivity contribution in [3.8, 4) is 5.75 Å². The number of hydrogen-bond acceptors (Lipinski definition) is 7. The van der Waals surface area contributed by atoms with Crippen molar-refractivity contribution in [1.82, 2.24) is 10.6 Å². The summed E-state index contributed by atoms with van der Waals surface area (Å²) in [6, 6.07) is 4.92. The smallest absolute Gasteiger partial charge is 0.330 e. The van der Waals surface area contributed by atoms with Gasteiger partial charge in [0.25, 0.3) is 0 Å². The lowest BCUT2D eigenvalue weighted by molar-refractivity contribution is -0.150. The number of carbonyl (C=O) groups excluding carboxylic acids is 3. The number of benzene rings is 1. The van der Waals surface area contributed by atoms with Gasteiger partial charge in [-0.05, 0) is 88.8 Å². The second kappa shape index (κ2) is 29.3. The molecule has 1 rings (SSSR count). The molecule has 53 heavy (non-hydrogen) atoms. The number of rotatable bonds is 28. The number of allylic oxidation sites excluding steroid dienone is 12. The Balaban J connectivity index is 2.50. The molecular formula is C44H66N2O7. The monoisotopic (exact) mass is 734 g/mol. The number of aliphatic hydroxyl groups excluding tert-OH is 2. The molecule has 1 unspecified atom stereocenters. The van der Waals surface area contributed by atoms with Crippen LogP contribution in [-0.2, 0) is 19.1 Å². The molecule has 9 nitrogen and oxygen atoms in total. The molecule has 0 radical (unpaired) electrons. The van der Waals surface area contributed by atoms with Gasteiger partial charge < -0.3 is 30.3 Å². The van der Waals surface area contributed by atoms with Crippen LogP contribution in [0.1, 0.15) is 96.1 Å². The fourth-order valence-electron chi connectivity index (χ4n) is 4.88. The third-order valence-electron chi connectivity index (χ3n) is 8.36.